The maximum absolute atomic E-state index is 14.2. The van der Waals surface area contributed by atoms with Gasteiger partial charge < -0.3 is 43.9 Å². The first-order valence-corrected chi connectivity index (χ1v) is 24.1. The van der Waals surface area contributed by atoms with E-state index in [-0.39, 0.29) is 73.9 Å². The first-order valence-electron chi connectivity index (χ1n) is 24.1. The zero-order chi connectivity index (χ0) is 48.6. The quantitative estimate of drug-likeness (QED) is 0.0510. The predicted octanol–water partition coefficient (Wildman–Crippen LogP) is 6.51. The number of carbonyl (C=O) groups is 5. The van der Waals surface area contributed by atoms with Crippen molar-refractivity contribution in [3.8, 4) is 0 Å². The molecule has 0 aromatic rings. The van der Waals surface area contributed by atoms with E-state index in [1.807, 2.05) is 65.0 Å². The number of esters is 1. The van der Waals surface area contributed by atoms with Crippen LogP contribution in [0.3, 0.4) is 0 Å². The summed E-state index contributed by atoms with van der Waals surface area (Å²) in [6, 6.07) is -1.09. The number of nitrogens with zero attached hydrogens (tertiary/aromatic N) is 1. The highest BCUT2D eigenvalue weighted by Gasteiger charge is 2.51. The molecule has 14 nitrogen and oxygen atoms in total. The highest BCUT2D eigenvalue weighted by atomic mass is 16.6. The van der Waals surface area contributed by atoms with Crippen LogP contribution in [0.25, 0.3) is 0 Å². The topological polar surface area (TPSA) is 195 Å². The second kappa shape index (κ2) is 27.0. The molecule has 15 atom stereocenters. The first-order chi connectivity index (χ1) is 30.7. The van der Waals surface area contributed by atoms with Gasteiger partial charge in [-0.05, 0) is 114 Å². The lowest BCUT2D eigenvalue weighted by atomic mass is 9.78. The van der Waals surface area contributed by atoms with Gasteiger partial charge in [-0.25, -0.2) is 4.79 Å². The fourth-order valence-electron chi connectivity index (χ4n) is 9.71. The van der Waals surface area contributed by atoms with Crippen LogP contribution in [-0.2, 0) is 47.7 Å². The third kappa shape index (κ3) is 16.0. The van der Waals surface area contributed by atoms with Gasteiger partial charge in [-0.2, -0.15) is 0 Å². The van der Waals surface area contributed by atoms with Crippen molar-refractivity contribution < 1.29 is 63.0 Å². The molecule has 65 heavy (non-hydrogen) atoms. The van der Waals surface area contributed by atoms with Crippen molar-refractivity contribution in [3.05, 3.63) is 36.0 Å². The highest BCUT2D eigenvalue weighted by molar-refractivity contribution is 6.39. The Hall–Kier alpha value is -3.11. The third-order valence-electron chi connectivity index (χ3n) is 14.4. The van der Waals surface area contributed by atoms with Crippen molar-refractivity contribution in [1.29, 1.82) is 0 Å². The van der Waals surface area contributed by atoms with Crippen LogP contribution in [0.2, 0.25) is 0 Å². The Bertz CT molecular complexity index is 1640. The molecule has 14 heteroatoms. The molecule has 3 fully saturated rings. The summed E-state index contributed by atoms with van der Waals surface area (Å²) in [4.78, 5) is 70.4. The minimum atomic E-state index is -2.27. The van der Waals surface area contributed by atoms with E-state index in [2.05, 4.69) is 0 Å². The van der Waals surface area contributed by atoms with Gasteiger partial charge in [0.25, 0.3) is 11.7 Å². The Kier molecular flexibility index (Phi) is 23.4. The number of aliphatic hydroxyl groups excluding tert-OH is 2. The molecule has 1 saturated carbocycles. The Morgan fingerprint density at radius 1 is 0.862 bits per heavy atom. The van der Waals surface area contributed by atoms with Gasteiger partial charge in [0.05, 0.1) is 31.0 Å². The third-order valence-corrected chi connectivity index (χ3v) is 14.4. The van der Waals surface area contributed by atoms with Crippen LogP contribution in [0.5, 0.6) is 0 Å². The van der Waals surface area contributed by atoms with Crippen molar-refractivity contribution in [2.24, 2.45) is 41.4 Å². The number of ketones is 3. The molecule has 2 saturated heterocycles. The monoisotopic (exact) mass is 918 g/mol. The Morgan fingerprint density at radius 3 is 2.22 bits per heavy atom. The summed E-state index contributed by atoms with van der Waals surface area (Å²) in [5.41, 5.74) is 1.10. The lowest BCUT2D eigenvalue weighted by molar-refractivity contribution is -0.241. The number of allylic oxidation sites excluding steroid dienone is 5. The maximum Gasteiger partial charge on any atom is 0.329 e. The minimum Gasteiger partial charge on any atom is -0.460 e. The smallest absolute Gasteiger partial charge is 0.329 e. The maximum atomic E-state index is 14.2. The number of hydrogen-bond donors (Lipinski definition) is 3. The molecule has 0 spiro atoms. The van der Waals surface area contributed by atoms with Crippen molar-refractivity contribution >= 4 is 29.2 Å². The molecule has 0 radical (unpaired) electrons. The average molecular weight is 918 g/mol. The van der Waals surface area contributed by atoms with Crippen molar-refractivity contribution in [2.75, 3.05) is 34.5 Å². The van der Waals surface area contributed by atoms with Crippen molar-refractivity contribution in [3.63, 3.8) is 0 Å². The van der Waals surface area contributed by atoms with E-state index in [0.717, 1.165) is 12.0 Å². The van der Waals surface area contributed by atoms with Crippen LogP contribution in [0.4, 0.5) is 0 Å². The molecule has 1 unspecified atom stereocenters. The molecule has 2 heterocycles. The number of rotatable bonds is 25. The lowest BCUT2D eigenvalue weighted by Gasteiger charge is -2.40. The molecular weight excluding hydrogens is 835 g/mol. The zero-order valence-corrected chi connectivity index (χ0v) is 41.2. The molecule has 0 bridgehead atoms. The molecule has 3 rings (SSSR count). The van der Waals surface area contributed by atoms with E-state index < -0.39 is 77.6 Å². The van der Waals surface area contributed by atoms with Crippen molar-refractivity contribution in [1.82, 2.24) is 4.90 Å². The van der Waals surface area contributed by atoms with Gasteiger partial charge in [-0.15, -0.1) is 0 Å². The largest absolute Gasteiger partial charge is 0.460 e. The van der Waals surface area contributed by atoms with E-state index in [0.29, 0.717) is 51.4 Å². The number of amides is 1. The number of methoxy groups -OCH3 is 3. The summed E-state index contributed by atoms with van der Waals surface area (Å²) >= 11 is 0. The Balaban J connectivity index is 1.72. The standard InChI is InChI=1S/C51H83NO13/c1-31(18-13-12-14-19-32(2)38(8)61-9)26-35(5)45(55)47(63-11)46(56)36(6)27-33(3)42(54)30-43(34(4)28-39-22-23-41(53)44(29-39)62-10)65-50(59)40-21-15-16-24-52(40)49(58)48(57)51(60)37(7)20-17-25-64-51/h12-14,18-19,31,33-41,43-44,46-47,53,56,60H,15-17,20-30H2,1-11H3/b14-12+,18-13+,32-19+/t31-,33-,34-,35-,36?,37-,38+,39+,40+,41-,43+,44-,46-,47+,51-/m1/s1. The van der Waals surface area contributed by atoms with Crippen LogP contribution < -0.4 is 0 Å². The molecule has 0 aromatic heterocycles. The van der Waals surface area contributed by atoms with Gasteiger partial charge in [0.15, 0.2) is 5.78 Å². The van der Waals surface area contributed by atoms with Gasteiger partial charge in [-0.1, -0.05) is 71.9 Å². The number of carbonyl (C=O) groups excluding carboxylic acids is 5. The van der Waals surface area contributed by atoms with Gasteiger partial charge in [0.1, 0.15) is 24.0 Å². The molecule has 1 aliphatic carbocycles. The van der Waals surface area contributed by atoms with E-state index in [4.69, 9.17) is 23.7 Å². The number of Topliss-reactive ketones (excluding diaryl/α,β-unsaturated/α-hetero) is 3. The lowest BCUT2D eigenvalue weighted by Crippen LogP contribution is -2.59. The number of hydrogen-bond acceptors (Lipinski definition) is 13. The Labute approximate surface area is 388 Å². The summed E-state index contributed by atoms with van der Waals surface area (Å²) in [6.07, 6.45) is 11.6. The minimum absolute atomic E-state index is 0.0321. The fourth-order valence-corrected chi connectivity index (χ4v) is 9.71. The number of aliphatic hydroxyl groups is 3. The summed E-state index contributed by atoms with van der Waals surface area (Å²) in [5, 5.41) is 33.1. The zero-order valence-electron chi connectivity index (χ0n) is 41.2. The van der Waals surface area contributed by atoms with E-state index in [9.17, 15) is 39.3 Å². The molecule has 1 amide bonds. The van der Waals surface area contributed by atoms with Crippen LogP contribution in [0, 0.1) is 41.4 Å². The van der Waals surface area contributed by atoms with Gasteiger partial charge in [0, 0.05) is 52.0 Å². The van der Waals surface area contributed by atoms with Crippen LogP contribution >= 0.6 is 0 Å². The summed E-state index contributed by atoms with van der Waals surface area (Å²) in [6.45, 7) is 15.2. The normalized spacial score (nSPS) is 28.7. The van der Waals surface area contributed by atoms with Gasteiger partial charge in [0.2, 0.25) is 5.79 Å². The molecule has 370 valence electrons. The van der Waals surface area contributed by atoms with Crippen LogP contribution in [0.15, 0.2) is 36.0 Å². The molecule has 3 aliphatic rings. The molecule has 0 aromatic carbocycles. The second-order valence-corrected chi connectivity index (χ2v) is 19.6. The Morgan fingerprint density at radius 2 is 1.57 bits per heavy atom. The van der Waals surface area contributed by atoms with Gasteiger partial charge in [-0.3, -0.25) is 19.2 Å². The predicted molar refractivity (Wildman–Crippen MR) is 247 cm³/mol. The van der Waals surface area contributed by atoms with E-state index in [1.165, 1.54) is 12.0 Å². The number of ether oxygens (including phenoxy) is 5. The average Bonchev–Trinajstić information content (AvgIpc) is 3.29. The first kappa shape index (κ1) is 56.2. The SMILES string of the molecule is CO[C@@H](C)/C(C)=C/C=C/C=C/[C@@H](C)C[C@@H](C)C(=O)[C@H](OC)[C@H](O)C(C)C[C@@H](C)C(=O)C[C@H](OC(=O)[C@@H]1CCCCN1C(=O)C(=O)[C@]1(O)OCCC[C@H]1C)[C@H](C)C[C@@H]1CC[C@@H](O)[C@H](OC)C1. The van der Waals surface area contributed by atoms with Gasteiger partial charge >= 0.3 is 5.97 Å². The van der Waals surface area contributed by atoms with Crippen LogP contribution in [0.1, 0.15) is 132 Å². The number of likely N-dealkylation sites (tertiary alicyclic amines) is 1. The molecule has 3 N–H and O–H groups in total. The van der Waals surface area contributed by atoms with Crippen molar-refractivity contribution in [2.45, 2.75) is 181 Å². The summed E-state index contributed by atoms with van der Waals surface area (Å²) in [5.74, 6) is -7.68. The summed E-state index contributed by atoms with van der Waals surface area (Å²) in [7, 11) is 4.64. The van der Waals surface area contributed by atoms with E-state index in [1.54, 1.807) is 35.0 Å². The van der Waals surface area contributed by atoms with E-state index >= 15 is 0 Å². The second-order valence-electron chi connectivity index (χ2n) is 19.6. The molecular formula is C51H83NO13. The fraction of sp³-hybridized carbons (Fsp3) is 0.784. The highest BCUT2D eigenvalue weighted by Crippen LogP contribution is 2.35. The number of piperidine rings is 1. The summed E-state index contributed by atoms with van der Waals surface area (Å²) < 4.78 is 28.2. The van der Waals surface area contributed by atoms with Crippen LogP contribution in [-0.4, -0.2) is 132 Å². The molecule has 2 aliphatic heterocycles.